The second kappa shape index (κ2) is 7.99. The van der Waals surface area contributed by atoms with Gasteiger partial charge in [0.05, 0.1) is 25.1 Å². The molecule has 3 atom stereocenters. The van der Waals surface area contributed by atoms with Crippen LogP contribution in [0.1, 0.15) is 11.6 Å². The third-order valence-electron chi connectivity index (χ3n) is 4.91. The van der Waals surface area contributed by atoms with Crippen LogP contribution in [0.15, 0.2) is 42.3 Å². The van der Waals surface area contributed by atoms with Crippen LogP contribution in [0.25, 0.3) is 17.2 Å². The lowest BCUT2D eigenvalue weighted by molar-refractivity contribution is 0.0434. The molecule has 4 rings (SSSR count). The first-order chi connectivity index (χ1) is 14.4. The molecule has 0 radical (unpaired) electrons. The van der Waals surface area contributed by atoms with Crippen molar-refractivity contribution in [2.45, 2.75) is 18.2 Å². The molecule has 2 aromatic heterocycles. The number of aliphatic hydroxyl groups is 1. The number of nitrogens with two attached hydrogens (primary N) is 2. The van der Waals surface area contributed by atoms with Crippen molar-refractivity contribution in [2.24, 2.45) is 0 Å². The number of hydrogen-bond acceptors (Lipinski definition) is 9. The second-order valence-electron chi connectivity index (χ2n) is 6.84. The zero-order valence-electron chi connectivity index (χ0n) is 15.8. The van der Waals surface area contributed by atoms with Crippen LogP contribution in [0.3, 0.4) is 0 Å². The van der Waals surface area contributed by atoms with Gasteiger partial charge in [0.25, 0.3) is 0 Å². The van der Waals surface area contributed by atoms with Crippen molar-refractivity contribution in [3.63, 3.8) is 0 Å². The van der Waals surface area contributed by atoms with Gasteiger partial charge in [-0.05, 0) is 17.7 Å². The molecule has 1 saturated heterocycles. The van der Waals surface area contributed by atoms with E-state index in [-0.39, 0.29) is 19.0 Å². The minimum Gasteiger partial charge on any atom is -0.398 e. The molecule has 0 aliphatic carbocycles. The fraction of sp³-hybridized carbons (Fsp3) is 0.278. The maximum atomic E-state index is 12.3. The molecular weight excluding hydrogens is 410 g/mol. The summed E-state index contributed by atoms with van der Waals surface area (Å²) in [4.78, 5) is 12.2. The lowest BCUT2D eigenvalue weighted by Crippen LogP contribution is -2.38. The van der Waals surface area contributed by atoms with Gasteiger partial charge in [-0.25, -0.2) is 28.1 Å². The smallest absolute Gasteiger partial charge is 0.233 e. The van der Waals surface area contributed by atoms with Crippen molar-refractivity contribution in [3.8, 4) is 0 Å². The summed E-state index contributed by atoms with van der Waals surface area (Å²) in [6.07, 6.45) is 2.52. The molecule has 1 fully saturated rings. The molecule has 12 heteroatoms. The Labute approximate surface area is 172 Å². The van der Waals surface area contributed by atoms with Crippen LogP contribution in [0.4, 0.5) is 11.5 Å². The Morgan fingerprint density at radius 1 is 1.27 bits per heavy atom. The van der Waals surface area contributed by atoms with E-state index in [1.165, 1.54) is 18.7 Å². The molecule has 0 amide bonds. The molecule has 6 N–H and O–H groups in total. The number of sulfonamides is 1. The topological polar surface area (TPSA) is 171 Å². The van der Waals surface area contributed by atoms with Gasteiger partial charge < -0.3 is 25.9 Å². The van der Waals surface area contributed by atoms with E-state index < -0.39 is 28.3 Å². The van der Waals surface area contributed by atoms with Crippen molar-refractivity contribution in [1.29, 1.82) is 0 Å². The predicted octanol–water partition coefficient (Wildman–Crippen LogP) is -0.118. The van der Waals surface area contributed by atoms with Gasteiger partial charge in [0.1, 0.15) is 17.9 Å². The van der Waals surface area contributed by atoms with Gasteiger partial charge in [-0.3, -0.25) is 0 Å². The highest BCUT2D eigenvalue weighted by Crippen LogP contribution is 2.28. The van der Waals surface area contributed by atoms with E-state index in [0.717, 1.165) is 5.41 Å². The number of nitrogens with one attached hydrogen (secondary N) is 1. The number of para-hydroxylation sites is 1. The summed E-state index contributed by atoms with van der Waals surface area (Å²) in [5.41, 5.74) is 13.6. The number of imidazole rings is 1. The summed E-state index contributed by atoms with van der Waals surface area (Å²) >= 11 is 0. The highest BCUT2D eigenvalue weighted by molar-refractivity contribution is 7.92. The van der Waals surface area contributed by atoms with Crippen LogP contribution in [0.5, 0.6) is 0 Å². The fourth-order valence-corrected chi connectivity index (χ4v) is 4.09. The molecule has 30 heavy (non-hydrogen) atoms. The lowest BCUT2D eigenvalue weighted by atomic mass is 10.1. The van der Waals surface area contributed by atoms with E-state index >= 15 is 0 Å². The van der Waals surface area contributed by atoms with Crippen LogP contribution >= 0.6 is 0 Å². The highest BCUT2D eigenvalue weighted by atomic mass is 32.2. The van der Waals surface area contributed by atoms with Gasteiger partial charge >= 0.3 is 0 Å². The first kappa shape index (κ1) is 20.2. The van der Waals surface area contributed by atoms with Crippen molar-refractivity contribution in [2.75, 3.05) is 24.6 Å². The van der Waals surface area contributed by atoms with Crippen LogP contribution < -0.4 is 16.2 Å². The summed E-state index contributed by atoms with van der Waals surface area (Å²) in [7, 11) is -3.75. The number of nitrogen functional groups attached to an aromatic ring is 2. The molecule has 0 saturated carbocycles. The summed E-state index contributed by atoms with van der Waals surface area (Å²) < 4.78 is 34.3. The standard InChI is InChI=1S/C18H21N7O4S/c19-12-4-2-1-3-11(12)5-6-30(27,28)24-7-14-16(26)13(8-29-14)25-10-23-15-17(20)21-9-22-18(15)25/h1-6,9-10,13-14,16,24,26H,7-8,19H2,(H2,20,21,22)/b6-5+/t13?,14-,16+/m1/s1. The zero-order valence-corrected chi connectivity index (χ0v) is 16.6. The second-order valence-corrected chi connectivity index (χ2v) is 8.49. The Balaban J connectivity index is 1.42. The summed E-state index contributed by atoms with van der Waals surface area (Å²) in [6.45, 7) is 0.0671. The Morgan fingerprint density at radius 3 is 2.87 bits per heavy atom. The molecule has 11 nitrogen and oxygen atoms in total. The summed E-state index contributed by atoms with van der Waals surface area (Å²) in [5.74, 6) is 0.238. The normalized spacial score (nSPS) is 22.2. The molecule has 3 aromatic rings. The van der Waals surface area contributed by atoms with Gasteiger partial charge in [0, 0.05) is 17.6 Å². The highest BCUT2D eigenvalue weighted by Gasteiger charge is 2.38. The number of aromatic nitrogens is 4. The van der Waals surface area contributed by atoms with E-state index in [1.54, 1.807) is 28.8 Å². The number of hydrogen-bond donors (Lipinski definition) is 4. The van der Waals surface area contributed by atoms with Gasteiger partial charge in [0.15, 0.2) is 11.5 Å². The van der Waals surface area contributed by atoms with Gasteiger partial charge in [-0.15, -0.1) is 0 Å². The maximum absolute atomic E-state index is 12.3. The third kappa shape index (κ3) is 3.98. The van der Waals surface area contributed by atoms with E-state index in [1.807, 2.05) is 0 Å². The first-order valence-electron chi connectivity index (χ1n) is 9.10. The van der Waals surface area contributed by atoms with Gasteiger partial charge in [-0.1, -0.05) is 18.2 Å². The molecule has 0 bridgehead atoms. The number of nitrogens with zero attached hydrogens (tertiary/aromatic N) is 4. The molecule has 3 heterocycles. The molecule has 158 valence electrons. The number of rotatable bonds is 6. The summed E-state index contributed by atoms with van der Waals surface area (Å²) in [6, 6.07) is 6.43. The van der Waals surface area contributed by atoms with Crippen molar-refractivity contribution >= 4 is 38.8 Å². The third-order valence-corrected chi connectivity index (χ3v) is 5.97. The average Bonchev–Trinajstić information content (AvgIpc) is 3.30. The largest absolute Gasteiger partial charge is 0.398 e. The Hall–Kier alpha value is -3.06. The molecule has 1 aliphatic heterocycles. The zero-order chi connectivity index (χ0) is 21.3. The maximum Gasteiger partial charge on any atom is 0.233 e. The summed E-state index contributed by atoms with van der Waals surface area (Å²) in [5, 5.41) is 11.7. The predicted molar refractivity (Wildman–Crippen MR) is 111 cm³/mol. The molecule has 0 spiro atoms. The quantitative estimate of drug-likeness (QED) is 0.388. The number of aliphatic hydroxyl groups excluding tert-OH is 1. The number of fused-ring (bicyclic) bond motifs is 1. The number of benzene rings is 1. The van der Waals surface area contributed by atoms with E-state index in [0.29, 0.717) is 22.4 Å². The monoisotopic (exact) mass is 431 g/mol. The van der Waals surface area contributed by atoms with Crippen molar-refractivity contribution in [3.05, 3.63) is 47.9 Å². The van der Waals surface area contributed by atoms with Crippen LogP contribution in [0, 0.1) is 0 Å². The van der Waals surface area contributed by atoms with Crippen molar-refractivity contribution in [1.82, 2.24) is 24.2 Å². The number of ether oxygens (including phenoxy) is 1. The van der Waals surface area contributed by atoms with Crippen LogP contribution in [0.2, 0.25) is 0 Å². The minimum absolute atomic E-state index is 0.0988. The molecule has 1 aromatic carbocycles. The van der Waals surface area contributed by atoms with Crippen LogP contribution in [-0.2, 0) is 14.8 Å². The Bertz CT molecular complexity index is 1190. The van der Waals surface area contributed by atoms with E-state index in [2.05, 4.69) is 19.7 Å². The molecule has 1 aliphatic rings. The van der Waals surface area contributed by atoms with Crippen LogP contribution in [-0.4, -0.2) is 58.4 Å². The average molecular weight is 431 g/mol. The van der Waals surface area contributed by atoms with Gasteiger partial charge in [0.2, 0.25) is 10.0 Å². The Kier molecular flexibility index (Phi) is 5.39. The number of anilines is 2. The van der Waals surface area contributed by atoms with Crippen molar-refractivity contribution < 1.29 is 18.3 Å². The molecular formula is C18H21N7O4S. The van der Waals surface area contributed by atoms with E-state index in [9.17, 15) is 13.5 Å². The Morgan fingerprint density at radius 2 is 2.07 bits per heavy atom. The van der Waals surface area contributed by atoms with Gasteiger partial charge in [-0.2, -0.15) is 0 Å². The molecule has 1 unspecified atom stereocenters. The fourth-order valence-electron chi connectivity index (χ4n) is 3.28. The SMILES string of the molecule is Nc1ccccc1/C=C/S(=O)(=O)NC[C@H]1OCC(n2cnc3c(N)ncnc32)[C@@H]1O. The first-order valence-corrected chi connectivity index (χ1v) is 10.7. The van der Waals surface area contributed by atoms with E-state index in [4.69, 9.17) is 16.2 Å². The lowest BCUT2D eigenvalue weighted by Gasteiger charge is -2.18. The minimum atomic E-state index is -3.75.